The molecule has 1 aliphatic carbocycles. The largest absolute Gasteiger partial charge is 0.0888 e. The first-order valence-electron chi connectivity index (χ1n) is 5.38. The van der Waals surface area contributed by atoms with Crippen LogP contribution in [0.3, 0.4) is 0 Å². The van der Waals surface area contributed by atoms with E-state index < -0.39 is 0 Å². The lowest BCUT2D eigenvalue weighted by Crippen LogP contribution is -2.03. The summed E-state index contributed by atoms with van der Waals surface area (Å²) in [6, 6.07) is 0. The Morgan fingerprint density at radius 1 is 1.25 bits per heavy atom. The summed E-state index contributed by atoms with van der Waals surface area (Å²) in [6.07, 6.45) is 8.50. The quantitative estimate of drug-likeness (QED) is 0.597. The van der Waals surface area contributed by atoms with E-state index in [1.807, 2.05) is 0 Å². The molecule has 0 saturated heterocycles. The monoisotopic (exact) mass is 232 g/mol. The second kappa shape index (κ2) is 5.26. The van der Waals surface area contributed by atoms with Crippen LogP contribution in [0.5, 0.6) is 0 Å². The SMILES string of the molecule is CCCC(C)CCC(Br)C1CC1. The van der Waals surface area contributed by atoms with Gasteiger partial charge in [-0.15, -0.1) is 0 Å². The molecule has 72 valence electrons. The zero-order valence-corrected chi connectivity index (χ0v) is 9.94. The van der Waals surface area contributed by atoms with Gasteiger partial charge in [0.2, 0.25) is 0 Å². The van der Waals surface area contributed by atoms with Gasteiger partial charge in [0.05, 0.1) is 0 Å². The zero-order valence-electron chi connectivity index (χ0n) is 8.35. The van der Waals surface area contributed by atoms with E-state index in [4.69, 9.17) is 0 Å². The van der Waals surface area contributed by atoms with Crippen LogP contribution in [0.15, 0.2) is 0 Å². The van der Waals surface area contributed by atoms with Crippen LogP contribution in [0.1, 0.15) is 52.4 Å². The fraction of sp³-hybridized carbons (Fsp3) is 1.00. The molecular formula is C11H21Br. The van der Waals surface area contributed by atoms with Crippen LogP contribution < -0.4 is 0 Å². The molecule has 12 heavy (non-hydrogen) atoms. The lowest BCUT2D eigenvalue weighted by Gasteiger charge is -2.12. The highest BCUT2D eigenvalue weighted by molar-refractivity contribution is 9.09. The van der Waals surface area contributed by atoms with Crippen molar-refractivity contribution in [3.63, 3.8) is 0 Å². The molecular weight excluding hydrogens is 212 g/mol. The Morgan fingerprint density at radius 2 is 1.92 bits per heavy atom. The van der Waals surface area contributed by atoms with Gasteiger partial charge in [0.25, 0.3) is 0 Å². The Hall–Kier alpha value is 0.480. The fourth-order valence-electron chi connectivity index (χ4n) is 1.77. The average molecular weight is 233 g/mol. The van der Waals surface area contributed by atoms with Gasteiger partial charge in [-0.25, -0.2) is 0 Å². The standard InChI is InChI=1S/C11H21Br/c1-3-4-9(2)5-8-11(12)10-6-7-10/h9-11H,3-8H2,1-2H3. The van der Waals surface area contributed by atoms with E-state index in [0.29, 0.717) is 0 Å². The topological polar surface area (TPSA) is 0 Å². The van der Waals surface area contributed by atoms with Gasteiger partial charge in [-0.2, -0.15) is 0 Å². The van der Waals surface area contributed by atoms with Crippen molar-refractivity contribution in [1.29, 1.82) is 0 Å². The molecule has 1 heteroatoms. The molecule has 0 N–H and O–H groups in total. The molecule has 1 rings (SSSR count). The van der Waals surface area contributed by atoms with Crippen LogP contribution in [-0.4, -0.2) is 4.83 Å². The molecule has 0 radical (unpaired) electrons. The summed E-state index contributed by atoms with van der Waals surface area (Å²) >= 11 is 3.78. The fourth-order valence-corrected chi connectivity index (χ4v) is 2.57. The Labute approximate surface area is 85.3 Å². The van der Waals surface area contributed by atoms with Gasteiger partial charge >= 0.3 is 0 Å². The van der Waals surface area contributed by atoms with Crippen LogP contribution in [0.2, 0.25) is 0 Å². The van der Waals surface area contributed by atoms with E-state index in [1.54, 1.807) is 0 Å². The van der Waals surface area contributed by atoms with Crippen LogP contribution >= 0.6 is 15.9 Å². The lowest BCUT2D eigenvalue weighted by atomic mass is 9.98. The number of hydrogen-bond donors (Lipinski definition) is 0. The van der Waals surface area contributed by atoms with Crippen LogP contribution in [0.4, 0.5) is 0 Å². The molecule has 2 atom stereocenters. The maximum Gasteiger partial charge on any atom is 0.0174 e. The third-order valence-corrected chi connectivity index (χ3v) is 4.06. The Bertz CT molecular complexity index is 118. The van der Waals surface area contributed by atoms with Gasteiger partial charge in [0.15, 0.2) is 0 Å². The summed E-state index contributed by atoms with van der Waals surface area (Å²) in [6.45, 7) is 4.67. The van der Waals surface area contributed by atoms with Crippen molar-refractivity contribution in [2.45, 2.75) is 57.2 Å². The first-order valence-corrected chi connectivity index (χ1v) is 6.29. The minimum atomic E-state index is 0.830. The van der Waals surface area contributed by atoms with E-state index in [-0.39, 0.29) is 0 Å². The molecule has 1 fully saturated rings. The summed E-state index contributed by atoms with van der Waals surface area (Å²) in [7, 11) is 0. The van der Waals surface area contributed by atoms with Crippen molar-refractivity contribution < 1.29 is 0 Å². The molecule has 0 aliphatic heterocycles. The molecule has 0 aromatic rings. The molecule has 0 spiro atoms. The smallest absolute Gasteiger partial charge is 0.0174 e. The van der Waals surface area contributed by atoms with Gasteiger partial charge < -0.3 is 0 Å². The molecule has 0 amide bonds. The van der Waals surface area contributed by atoms with Gasteiger partial charge in [-0.05, 0) is 37.5 Å². The minimum absolute atomic E-state index is 0.830. The van der Waals surface area contributed by atoms with Gasteiger partial charge in [0, 0.05) is 4.83 Å². The second-order valence-electron chi connectivity index (χ2n) is 4.32. The summed E-state index contributed by atoms with van der Waals surface area (Å²) in [4.78, 5) is 0.830. The summed E-state index contributed by atoms with van der Waals surface area (Å²) in [5.41, 5.74) is 0. The molecule has 0 bridgehead atoms. The van der Waals surface area contributed by atoms with Gasteiger partial charge in [-0.1, -0.05) is 42.6 Å². The van der Waals surface area contributed by atoms with Crippen LogP contribution in [-0.2, 0) is 0 Å². The van der Waals surface area contributed by atoms with Crippen LogP contribution in [0, 0.1) is 11.8 Å². The predicted octanol–water partition coefficient (Wildman–Crippen LogP) is 4.38. The lowest BCUT2D eigenvalue weighted by molar-refractivity contribution is 0.459. The maximum atomic E-state index is 3.78. The highest BCUT2D eigenvalue weighted by atomic mass is 79.9. The van der Waals surface area contributed by atoms with E-state index in [0.717, 1.165) is 16.7 Å². The third kappa shape index (κ3) is 3.93. The molecule has 1 saturated carbocycles. The number of hydrogen-bond acceptors (Lipinski definition) is 0. The van der Waals surface area contributed by atoms with Gasteiger partial charge in [-0.3, -0.25) is 0 Å². The highest BCUT2D eigenvalue weighted by Crippen LogP contribution is 2.39. The number of halogens is 1. The van der Waals surface area contributed by atoms with E-state index >= 15 is 0 Å². The maximum absolute atomic E-state index is 3.78. The van der Waals surface area contributed by atoms with Crippen LogP contribution in [0.25, 0.3) is 0 Å². The Morgan fingerprint density at radius 3 is 2.42 bits per heavy atom. The molecule has 0 nitrogen and oxygen atoms in total. The molecule has 2 unspecified atom stereocenters. The Kier molecular flexibility index (Phi) is 4.63. The van der Waals surface area contributed by atoms with E-state index in [1.165, 1.54) is 38.5 Å². The third-order valence-electron chi connectivity index (χ3n) is 2.85. The minimum Gasteiger partial charge on any atom is -0.0888 e. The first-order chi connectivity index (χ1) is 5.74. The summed E-state index contributed by atoms with van der Waals surface area (Å²) < 4.78 is 0. The van der Waals surface area contributed by atoms with Crippen molar-refractivity contribution in [1.82, 2.24) is 0 Å². The van der Waals surface area contributed by atoms with Gasteiger partial charge in [0.1, 0.15) is 0 Å². The number of alkyl halides is 1. The normalized spacial score (nSPS) is 22.2. The van der Waals surface area contributed by atoms with Crippen molar-refractivity contribution >= 4 is 15.9 Å². The summed E-state index contributed by atoms with van der Waals surface area (Å²) in [5.74, 6) is 1.97. The zero-order chi connectivity index (χ0) is 8.97. The van der Waals surface area contributed by atoms with E-state index in [9.17, 15) is 0 Å². The van der Waals surface area contributed by atoms with Crippen molar-refractivity contribution in [2.24, 2.45) is 11.8 Å². The molecule has 0 aromatic heterocycles. The molecule has 0 heterocycles. The van der Waals surface area contributed by atoms with Crippen molar-refractivity contribution in [3.05, 3.63) is 0 Å². The summed E-state index contributed by atoms with van der Waals surface area (Å²) in [5, 5.41) is 0. The molecule has 1 aliphatic rings. The predicted molar refractivity (Wildman–Crippen MR) is 58.7 cm³/mol. The van der Waals surface area contributed by atoms with E-state index in [2.05, 4.69) is 29.8 Å². The average Bonchev–Trinajstić information content (AvgIpc) is 2.83. The first kappa shape index (κ1) is 10.6. The highest BCUT2D eigenvalue weighted by Gasteiger charge is 2.28. The number of rotatable bonds is 6. The Balaban J connectivity index is 1.99. The van der Waals surface area contributed by atoms with Crippen molar-refractivity contribution in [3.8, 4) is 0 Å². The molecule has 0 aromatic carbocycles. The van der Waals surface area contributed by atoms with Crippen molar-refractivity contribution in [2.75, 3.05) is 0 Å². The second-order valence-corrected chi connectivity index (χ2v) is 5.50.